The monoisotopic (exact) mass is 361 g/mol. The van der Waals surface area contributed by atoms with Crippen LogP contribution in [0.4, 0.5) is 0 Å². The average Bonchev–Trinajstić information content (AvgIpc) is 3.05. The zero-order valence-electron chi connectivity index (χ0n) is 15.2. The molecule has 0 saturated carbocycles. The second kappa shape index (κ2) is 8.01. The maximum absolute atomic E-state index is 12.2. The van der Waals surface area contributed by atoms with Crippen molar-refractivity contribution in [3.8, 4) is 0 Å². The van der Waals surface area contributed by atoms with Crippen molar-refractivity contribution >= 4 is 15.8 Å². The van der Waals surface area contributed by atoms with Crippen molar-refractivity contribution in [2.75, 3.05) is 45.6 Å². The fourth-order valence-corrected chi connectivity index (χ4v) is 3.91. The van der Waals surface area contributed by atoms with Gasteiger partial charge in [-0.25, -0.2) is 8.42 Å². The number of ether oxygens (including phenoxy) is 2. The molecule has 2 saturated heterocycles. The Bertz CT molecular complexity index is 536. The summed E-state index contributed by atoms with van der Waals surface area (Å²) < 4.78 is 35.2. The van der Waals surface area contributed by atoms with Gasteiger partial charge < -0.3 is 19.7 Å². The molecule has 2 aliphatic heterocycles. The Morgan fingerprint density at radius 3 is 2.54 bits per heavy atom. The molecule has 0 aromatic rings. The van der Waals surface area contributed by atoms with E-state index < -0.39 is 14.6 Å². The first kappa shape index (κ1) is 19.5. The molecule has 2 aliphatic rings. The summed E-state index contributed by atoms with van der Waals surface area (Å²) >= 11 is 0. The smallest absolute Gasteiger partial charge is 0.193 e. The van der Waals surface area contributed by atoms with Gasteiger partial charge in [-0.05, 0) is 33.6 Å². The van der Waals surface area contributed by atoms with E-state index >= 15 is 0 Å². The van der Waals surface area contributed by atoms with Crippen molar-refractivity contribution in [2.45, 2.75) is 50.6 Å². The predicted octanol–water partition coefficient (Wildman–Crippen LogP) is 0.655. The molecular formula is C16H31N3O4S. The Balaban J connectivity index is 1.87. The van der Waals surface area contributed by atoms with Gasteiger partial charge in [0, 0.05) is 33.3 Å². The molecular weight excluding hydrogens is 330 g/mol. The molecule has 140 valence electrons. The fourth-order valence-electron chi connectivity index (χ4n) is 2.92. The van der Waals surface area contributed by atoms with E-state index in [1.54, 1.807) is 27.8 Å². The van der Waals surface area contributed by atoms with E-state index in [2.05, 4.69) is 15.2 Å². The zero-order chi connectivity index (χ0) is 17.8. The Morgan fingerprint density at radius 1 is 1.25 bits per heavy atom. The molecule has 2 rings (SSSR count). The SMILES string of the molecule is CN=C(NCCS(=O)(=O)C(C)(C)C)N1CCOC(C2CCCO2)C1. The van der Waals surface area contributed by atoms with Crippen molar-refractivity contribution in [2.24, 2.45) is 4.99 Å². The molecule has 2 atom stereocenters. The molecule has 7 nitrogen and oxygen atoms in total. The highest BCUT2D eigenvalue weighted by Gasteiger charge is 2.32. The quantitative estimate of drug-likeness (QED) is 0.585. The highest BCUT2D eigenvalue weighted by molar-refractivity contribution is 7.92. The molecule has 0 aromatic heterocycles. The number of aliphatic imine (C=N–C) groups is 1. The predicted molar refractivity (Wildman–Crippen MR) is 95.2 cm³/mol. The van der Waals surface area contributed by atoms with Crippen molar-refractivity contribution in [1.29, 1.82) is 0 Å². The first-order chi connectivity index (χ1) is 11.2. The summed E-state index contributed by atoms with van der Waals surface area (Å²) in [6.07, 6.45) is 2.33. The van der Waals surface area contributed by atoms with Gasteiger partial charge in [0.15, 0.2) is 15.8 Å². The number of nitrogens with one attached hydrogen (secondary N) is 1. The number of guanidine groups is 1. The van der Waals surface area contributed by atoms with E-state index in [9.17, 15) is 8.42 Å². The zero-order valence-corrected chi connectivity index (χ0v) is 16.1. The number of morpholine rings is 1. The molecule has 24 heavy (non-hydrogen) atoms. The normalized spacial score (nSPS) is 26.7. The molecule has 0 spiro atoms. The maximum atomic E-state index is 12.2. The molecule has 0 aromatic carbocycles. The second-order valence-electron chi connectivity index (χ2n) is 7.31. The highest BCUT2D eigenvalue weighted by Crippen LogP contribution is 2.21. The van der Waals surface area contributed by atoms with E-state index in [4.69, 9.17) is 9.47 Å². The Morgan fingerprint density at radius 2 is 1.96 bits per heavy atom. The molecule has 2 fully saturated rings. The van der Waals surface area contributed by atoms with Gasteiger partial charge in [-0.3, -0.25) is 4.99 Å². The van der Waals surface area contributed by atoms with Crippen LogP contribution in [-0.2, 0) is 19.3 Å². The van der Waals surface area contributed by atoms with Gasteiger partial charge in [0.1, 0.15) is 6.10 Å². The van der Waals surface area contributed by atoms with Crippen molar-refractivity contribution < 1.29 is 17.9 Å². The summed E-state index contributed by atoms with van der Waals surface area (Å²) in [5.41, 5.74) is 0. The van der Waals surface area contributed by atoms with Gasteiger partial charge in [-0.2, -0.15) is 0 Å². The van der Waals surface area contributed by atoms with Crippen molar-refractivity contribution in [1.82, 2.24) is 10.2 Å². The molecule has 0 aliphatic carbocycles. The van der Waals surface area contributed by atoms with Gasteiger partial charge in [0.05, 0.1) is 23.2 Å². The lowest BCUT2D eigenvalue weighted by Crippen LogP contribution is -2.54. The Labute approximate surface area is 145 Å². The van der Waals surface area contributed by atoms with Crippen LogP contribution in [0.15, 0.2) is 4.99 Å². The summed E-state index contributed by atoms with van der Waals surface area (Å²) in [5.74, 6) is 0.820. The third-order valence-corrected chi connectivity index (χ3v) is 7.18. The summed E-state index contributed by atoms with van der Waals surface area (Å²) in [4.78, 5) is 6.42. The van der Waals surface area contributed by atoms with Gasteiger partial charge in [0.2, 0.25) is 0 Å². The van der Waals surface area contributed by atoms with Crippen LogP contribution in [0.1, 0.15) is 33.6 Å². The van der Waals surface area contributed by atoms with E-state index in [-0.39, 0.29) is 18.0 Å². The van der Waals surface area contributed by atoms with Gasteiger partial charge in [-0.15, -0.1) is 0 Å². The molecule has 8 heteroatoms. The number of hydrogen-bond acceptors (Lipinski definition) is 5. The molecule has 0 bridgehead atoms. The van der Waals surface area contributed by atoms with Crippen LogP contribution in [0.5, 0.6) is 0 Å². The molecule has 2 unspecified atom stereocenters. The fraction of sp³-hybridized carbons (Fsp3) is 0.938. The van der Waals surface area contributed by atoms with Crippen LogP contribution in [0, 0.1) is 0 Å². The van der Waals surface area contributed by atoms with Crippen LogP contribution >= 0.6 is 0 Å². The van der Waals surface area contributed by atoms with E-state index in [0.717, 1.165) is 38.5 Å². The summed E-state index contributed by atoms with van der Waals surface area (Å²) in [5, 5.41) is 3.18. The molecule has 1 N–H and O–H groups in total. The van der Waals surface area contributed by atoms with E-state index in [0.29, 0.717) is 13.2 Å². The van der Waals surface area contributed by atoms with Crippen LogP contribution < -0.4 is 5.32 Å². The number of sulfone groups is 1. The largest absolute Gasteiger partial charge is 0.375 e. The lowest BCUT2D eigenvalue weighted by molar-refractivity contribution is -0.0816. The van der Waals surface area contributed by atoms with Crippen LogP contribution in [0.25, 0.3) is 0 Å². The van der Waals surface area contributed by atoms with E-state index in [1.807, 2.05) is 0 Å². The number of rotatable bonds is 4. The highest BCUT2D eigenvalue weighted by atomic mass is 32.2. The van der Waals surface area contributed by atoms with Crippen LogP contribution in [0.2, 0.25) is 0 Å². The third kappa shape index (κ3) is 4.83. The summed E-state index contributed by atoms with van der Waals surface area (Å²) in [6.45, 7) is 8.44. The second-order valence-corrected chi connectivity index (χ2v) is 10.2. The van der Waals surface area contributed by atoms with E-state index in [1.165, 1.54) is 0 Å². The lowest BCUT2D eigenvalue weighted by Gasteiger charge is -2.37. The topological polar surface area (TPSA) is 80.2 Å². The van der Waals surface area contributed by atoms with Crippen LogP contribution in [0.3, 0.4) is 0 Å². The first-order valence-electron chi connectivity index (χ1n) is 8.66. The lowest BCUT2D eigenvalue weighted by atomic mass is 10.1. The number of hydrogen-bond donors (Lipinski definition) is 1. The first-order valence-corrected chi connectivity index (χ1v) is 10.3. The van der Waals surface area contributed by atoms with Gasteiger partial charge in [0.25, 0.3) is 0 Å². The van der Waals surface area contributed by atoms with Gasteiger partial charge in [-0.1, -0.05) is 0 Å². The molecule has 0 amide bonds. The average molecular weight is 362 g/mol. The van der Waals surface area contributed by atoms with Gasteiger partial charge >= 0.3 is 0 Å². The van der Waals surface area contributed by atoms with Crippen molar-refractivity contribution in [3.05, 3.63) is 0 Å². The van der Waals surface area contributed by atoms with Crippen LogP contribution in [-0.4, -0.2) is 81.9 Å². The number of nitrogens with zero attached hydrogens (tertiary/aromatic N) is 2. The maximum Gasteiger partial charge on any atom is 0.193 e. The van der Waals surface area contributed by atoms with Crippen molar-refractivity contribution in [3.63, 3.8) is 0 Å². The molecule has 2 heterocycles. The standard InChI is InChI=1S/C16H31N3O4S/c1-16(2,3)24(20,21)11-7-18-15(17-4)19-8-10-23-14(12-19)13-6-5-9-22-13/h13-14H,5-12H2,1-4H3,(H,17,18). The Hall–Kier alpha value is -0.860. The third-order valence-electron chi connectivity index (χ3n) is 4.57. The summed E-state index contributed by atoms with van der Waals surface area (Å²) in [7, 11) is -1.42. The minimum absolute atomic E-state index is 0.0538. The minimum Gasteiger partial charge on any atom is -0.375 e. The Kier molecular flexibility index (Phi) is 6.50. The molecule has 0 radical (unpaired) electrons. The minimum atomic E-state index is -3.14. The summed E-state index contributed by atoms with van der Waals surface area (Å²) in [6, 6.07) is 0.